The van der Waals surface area contributed by atoms with Crippen LogP contribution in [0.25, 0.3) is 0 Å². The summed E-state index contributed by atoms with van der Waals surface area (Å²) in [5.74, 6) is 0. The lowest BCUT2D eigenvalue weighted by atomic mass is 10.1. The molecule has 2 aromatic rings. The number of halogens is 1. The second kappa shape index (κ2) is 7.14. The third-order valence-corrected chi connectivity index (χ3v) is 4.92. The van der Waals surface area contributed by atoms with E-state index in [-0.39, 0.29) is 6.04 Å². The highest BCUT2D eigenvalue weighted by Gasteiger charge is 2.19. The maximum absolute atomic E-state index is 5.98. The number of hydrogen-bond donors (Lipinski definition) is 1. The minimum atomic E-state index is 0.273. The van der Waals surface area contributed by atoms with Crippen molar-refractivity contribution in [2.24, 2.45) is 5.73 Å². The number of thiophene rings is 1. The second-order valence-corrected chi connectivity index (χ2v) is 6.20. The van der Waals surface area contributed by atoms with Crippen LogP contribution in [-0.2, 0) is 6.54 Å². The van der Waals surface area contributed by atoms with Crippen LogP contribution in [0.1, 0.15) is 23.4 Å². The highest BCUT2D eigenvalue weighted by molar-refractivity contribution is 9.10. The van der Waals surface area contributed by atoms with Crippen molar-refractivity contribution in [3.05, 3.63) is 50.9 Å². The lowest BCUT2D eigenvalue weighted by Crippen LogP contribution is -2.32. The van der Waals surface area contributed by atoms with Gasteiger partial charge in [-0.15, -0.1) is 11.3 Å². The van der Waals surface area contributed by atoms with Gasteiger partial charge in [0.25, 0.3) is 0 Å². The number of hydrogen-bond acceptors (Lipinski definition) is 4. The summed E-state index contributed by atoms with van der Waals surface area (Å²) in [6.45, 7) is 4.68. The van der Waals surface area contributed by atoms with E-state index in [4.69, 9.17) is 5.73 Å². The van der Waals surface area contributed by atoms with E-state index >= 15 is 0 Å². The second-order valence-electron chi connectivity index (χ2n) is 4.34. The summed E-state index contributed by atoms with van der Waals surface area (Å²) in [5, 5.41) is 2.11. The number of rotatable bonds is 6. The summed E-state index contributed by atoms with van der Waals surface area (Å²) in [6, 6.07) is 6.55. The molecule has 1 unspecified atom stereocenters. The summed E-state index contributed by atoms with van der Waals surface area (Å²) in [4.78, 5) is 7.76. The molecule has 2 rings (SSSR count). The average molecular weight is 340 g/mol. The van der Waals surface area contributed by atoms with Gasteiger partial charge >= 0.3 is 0 Å². The zero-order valence-corrected chi connectivity index (χ0v) is 13.3. The van der Waals surface area contributed by atoms with E-state index in [1.165, 1.54) is 10.4 Å². The number of nitrogens with two attached hydrogens (primary N) is 1. The fraction of sp³-hybridized carbons (Fsp3) is 0.357. The number of likely N-dealkylation sites (N-methyl/N-ethyl adjacent to an activating group) is 1. The molecule has 1 atom stereocenters. The van der Waals surface area contributed by atoms with E-state index in [9.17, 15) is 0 Å². The molecule has 0 fully saturated rings. The van der Waals surface area contributed by atoms with Crippen LogP contribution in [0.15, 0.2) is 40.4 Å². The molecule has 2 heterocycles. The Morgan fingerprint density at radius 3 is 2.68 bits per heavy atom. The van der Waals surface area contributed by atoms with E-state index in [0.717, 1.165) is 17.6 Å². The molecule has 0 aliphatic heterocycles. The van der Waals surface area contributed by atoms with Gasteiger partial charge in [0.05, 0.1) is 6.04 Å². The lowest BCUT2D eigenvalue weighted by molar-refractivity contribution is 0.206. The molecule has 0 amide bonds. The number of aromatic nitrogens is 1. The van der Waals surface area contributed by atoms with Gasteiger partial charge < -0.3 is 5.73 Å². The summed E-state index contributed by atoms with van der Waals surface area (Å²) < 4.78 is 1.13. The monoisotopic (exact) mass is 339 g/mol. The molecule has 19 heavy (non-hydrogen) atoms. The Morgan fingerprint density at radius 1 is 1.42 bits per heavy atom. The Bertz CT molecular complexity index is 500. The van der Waals surface area contributed by atoms with Crippen molar-refractivity contribution in [1.29, 1.82) is 0 Å². The Kier molecular flexibility index (Phi) is 5.51. The highest BCUT2D eigenvalue weighted by atomic mass is 79.9. The SMILES string of the molecule is CCN(Cc1ccncc1)C(CN)c1cc(Br)cs1. The van der Waals surface area contributed by atoms with E-state index in [0.29, 0.717) is 6.54 Å². The molecular weight excluding hydrogens is 322 g/mol. The van der Waals surface area contributed by atoms with Crippen molar-refractivity contribution in [3.63, 3.8) is 0 Å². The van der Waals surface area contributed by atoms with Gasteiger partial charge in [-0.2, -0.15) is 0 Å². The Balaban J connectivity index is 2.15. The smallest absolute Gasteiger partial charge is 0.0567 e. The molecule has 0 aliphatic rings. The van der Waals surface area contributed by atoms with Crippen molar-refractivity contribution in [2.75, 3.05) is 13.1 Å². The van der Waals surface area contributed by atoms with Crippen LogP contribution in [0.2, 0.25) is 0 Å². The van der Waals surface area contributed by atoms with Gasteiger partial charge in [0.1, 0.15) is 0 Å². The maximum atomic E-state index is 5.98. The Labute approximate surface area is 126 Å². The van der Waals surface area contributed by atoms with Gasteiger partial charge in [-0.3, -0.25) is 9.88 Å². The molecule has 0 saturated heterocycles. The van der Waals surface area contributed by atoms with Gasteiger partial charge in [0.2, 0.25) is 0 Å². The maximum Gasteiger partial charge on any atom is 0.0567 e. The van der Waals surface area contributed by atoms with Gasteiger partial charge in [-0.1, -0.05) is 6.92 Å². The summed E-state index contributed by atoms with van der Waals surface area (Å²) >= 11 is 5.27. The molecule has 102 valence electrons. The molecule has 2 N–H and O–H groups in total. The molecule has 0 spiro atoms. The standard InChI is InChI=1S/C14H18BrN3S/c1-2-18(9-11-3-5-17-6-4-11)13(8-16)14-7-12(15)10-19-14/h3-7,10,13H,2,8-9,16H2,1H3. The van der Waals surface area contributed by atoms with E-state index in [1.807, 2.05) is 12.4 Å². The van der Waals surface area contributed by atoms with Crippen LogP contribution < -0.4 is 5.73 Å². The third-order valence-electron chi connectivity index (χ3n) is 3.12. The van der Waals surface area contributed by atoms with Crippen molar-refractivity contribution < 1.29 is 0 Å². The molecule has 0 aromatic carbocycles. The fourth-order valence-electron chi connectivity index (χ4n) is 2.11. The first-order valence-corrected chi connectivity index (χ1v) is 7.98. The zero-order chi connectivity index (χ0) is 13.7. The molecular formula is C14H18BrN3S. The number of nitrogens with zero attached hydrogens (tertiary/aromatic N) is 2. The fourth-order valence-corrected chi connectivity index (χ4v) is 3.71. The molecule has 0 radical (unpaired) electrons. The van der Waals surface area contributed by atoms with Crippen LogP contribution in [0.3, 0.4) is 0 Å². The normalized spacial score (nSPS) is 12.8. The predicted octanol–water partition coefficient (Wildman–Crippen LogP) is 3.43. The zero-order valence-electron chi connectivity index (χ0n) is 10.9. The largest absolute Gasteiger partial charge is 0.329 e. The molecule has 0 saturated carbocycles. The van der Waals surface area contributed by atoms with Crippen molar-refractivity contribution >= 4 is 27.3 Å². The molecule has 2 aromatic heterocycles. The quantitative estimate of drug-likeness (QED) is 0.876. The predicted molar refractivity (Wildman–Crippen MR) is 84.1 cm³/mol. The first kappa shape index (κ1) is 14.7. The van der Waals surface area contributed by atoms with Crippen LogP contribution in [0, 0.1) is 0 Å². The molecule has 5 heteroatoms. The van der Waals surface area contributed by atoms with Crippen LogP contribution in [0.5, 0.6) is 0 Å². The van der Waals surface area contributed by atoms with Crippen LogP contribution in [-0.4, -0.2) is 23.0 Å². The van der Waals surface area contributed by atoms with Gasteiger partial charge in [-0.25, -0.2) is 0 Å². The topological polar surface area (TPSA) is 42.2 Å². The summed E-state index contributed by atoms with van der Waals surface area (Å²) in [6.07, 6.45) is 3.67. The van der Waals surface area contributed by atoms with E-state index in [2.05, 4.69) is 56.3 Å². The van der Waals surface area contributed by atoms with Crippen LogP contribution in [0.4, 0.5) is 0 Å². The van der Waals surface area contributed by atoms with E-state index in [1.54, 1.807) is 11.3 Å². The number of pyridine rings is 1. The average Bonchev–Trinajstić information content (AvgIpc) is 2.86. The third kappa shape index (κ3) is 3.86. The molecule has 3 nitrogen and oxygen atoms in total. The van der Waals surface area contributed by atoms with Crippen molar-refractivity contribution in [2.45, 2.75) is 19.5 Å². The minimum Gasteiger partial charge on any atom is -0.329 e. The highest BCUT2D eigenvalue weighted by Crippen LogP contribution is 2.29. The molecule has 0 aliphatic carbocycles. The minimum absolute atomic E-state index is 0.273. The van der Waals surface area contributed by atoms with Crippen LogP contribution >= 0.6 is 27.3 Å². The summed E-state index contributed by atoms with van der Waals surface area (Å²) in [7, 11) is 0. The first-order valence-electron chi connectivity index (χ1n) is 6.31. The van der Waals surface area contributed by atoms with Gasteiger partial charge in [-0.05, 0) is 46.2 Å². The van der Waals surface area contributed by atoms with Crippen molar-refractivity contribution in [1.82, 2.24) is 9.88 Å². The van der Waals surface area contributed by atoms with E-state index < -0.39 is 0 Å². The molecule has 0 bridgehead atoms. The van der Waals surface area contributed by atoms with Crippen molar-refractivity contribution in [3.8, 4) is 0 Å². The lowest BCUT2D eigenvalue weighted by Gasteiger charge is -2.29. The van der Waals surface area contributed by atoms with Gasteiger partial charge in [0.15, 0.2) is 0 Å². The Hall–Kier alpha value is -0.750. The first-order chi connectivity index (χ1) is 9.24. The Morgan fingerprint density at radius 2 is 2.16 bits per heavy atom. The summed E-state index contributed by atoms with van der Waals surface area (Å²) in [5.41, 5.74) is 7.25. The van der Waals surface area contributed by atoms with Gasteiger partial charge in [0, 0.05) is 40.2 Å².